The van der Waals surface area contributed by atoms with E-state index >= 15 is 0 Å². The molecule has 0 bridgehead atoms. The topological polar surface area (TPSA) is 100 Å². The molecule has 20 heavy (non-hydrogen) atoms. The van der Waals surface area contributed by atoms with E-state index in [9.17, 15) is 8.42 Å². The number of anilines is 1. The average Bonchev–Trinajstić information content (AvgIpc) is 2.48. The van der Waals surface area contributed by atoms with E-state index in [-0.39, 0.29) is 10.7 Å². The Bertz CT molecular complexity index is 531. The molecule has 2 heterocycles. The smallest absolute Gasteiger partial charge is 0.244 e. The summed E-state index contributed by atoms with van der Waals surface area (Å²) in [7, 11) is -3.59. The fraction of sp³-hybridized carbons (Fsp3) is 0.545. The Hall–Kier alpha value is -0.870. The van der Waals surface area contributed by atoms with E-state index in [0.29, 0.717) is 13.1 Å². The van der Waals surface area contributed by atoms with Gasteiger partial charge in [0.1, 0.15) is 4.90 Å². The number of sulfonamides is 1. The van der Waals surface area contributed by atoms with Gasteiger partial charge < -0.3 is 10.3 Å². The maximum Gasteiger partial charge on any atom is 0.244 e. The summed E-state index contributed by atoms with van der Waals surface area (Å²) in [6.07, 6.45) is 1.49. The van der Waals surface area contributed by atoms with Gasteiger partial charge in [0.2, 0.25) is 10.0 Å². The lowest BCUT2D eigenvalue weighted by Crippen LogP contribution is -2.39. The monoisotopic (exact) mass is 317 g/mol. The van der Waals surface area contributed by atoms with Crippen LogP contribution in [-0.2, 0) is 10.0 Å². The van der Waals surface area contributed by atoms with Crippen molar-refractivity contribution in [2.75, 3.05) is 43.1 Å². The summed E-state index contributed by atoms with van der Waals surface area (Å²) < 4.78 is 27.0. The predicted molar refractivity (Wildman–Crippen MR) is 81.0 cm³/mol. The van der Waals surface area contributed by atoms with E-state index in [1.807, 2.05) is 11.8 Å². The number of thioether (sulfide) groups is 1. The molecule has 2 rings (SSSR count). The Labute approximate surface area is 123 Å². The molecular weight excluding hydrogens is 298 g/mol. The lowest BCUT2D eigenvalue weighted by molar-refractivity contribution is 0.307. The van der Waals surface area contributed by atoms with Crippen molar-refractivity contribution in [1.82, 2.24) is 14.6 Å². The Kier molecular flexibility index (Phi) is 5.61. The minimum Gasteiger partial charge on any atom is -0.307 e. The highest BCUT2D eigenvalue weighted by atomic mass is 32.2. The van der Waals surface area contributed by atoms with Crippen LogP contribution in [0.15, 0.2) is 23.2 Å². The normalized spacial score (nSPS) is 17.1. The van der Waals surface area contributed by atoms with Gasteiger partial charge in [0, 0.05) is 43.9 Å². The number of nitrogens with two attached hydrogens (primary N) is 1. The van der Waals surface area contributed by atoms with Crippen LogP contribution in [-0.4, -0.2) is 56.0 Å². The highest BCUT2D eigenvalue weighted by molar-refractivity contribution is 7.99. The molecule has 1 aromatic rings. The summed E-state index contributed by atoms with van der Waals surface area (Å²) in [5.41, 5.74) is 2.30. The lowest BCUT2D eigenvalue weighted by Gasteiger charge is -2.26. The average molecular weight is 317 g/mol. The van der Waals surface area contributed by atoms with Gasteiger partial charge in [0.05, 0.1) is 0 Å². The maximum atomic E-state index is 12.2. The number of nitrogen functional groups attached to an aromatic ring is 1. The quantitative estimate of drug-likeness (QED) is 0.489. The molecule has 1 aromatic heterocycles. The van der Waals surface area contributed by atoms with Crippen LogP contribution in [0, 0.1) is 0 Å². The van der Waals surface area contributed by atoms with Crippen LogP contribution in [0.5, 0.6) is 0 Å². The van der Waals surface area contributed by atoms with Gasteiger partial charge in [-0.3, -0.25) is 0 Å². The van der Waals surface area contributed by atoms with Crippen LogP contribution in [0.2, 0.25) is 0 Å². The van der Waals surface area contributed by atoms with Crippen molar-refractivity contribution in [3.05, 3.63) is 18.3 Å². The molecule has 1 aliphatic rings. The van der Waals surface area contributed by atoms with Crippen molar-refractivity contribution < 1.29 is 8.42 Å². The Morgan fingerprint density at radius 3 is 2.85 bits per heavy atom. The van der Waals surface area contributed by atoms with Crippen LogP contribution >= 0.6 is 11.8 Å². The van der Waals surface area contributed by atoms with Gasteiger partial charge >= 0.3 is 0 Å². The minimum absolute atomic E-state index is 0.0664. The number of pyridine rings is 1. The minimum atomic E-state index is -3.59. The van der Waals surface area contributed by atoms with E-state index in [1.165, 1.54) is 12.3 Å². The SMILES string of the molecule is NNc1ncccc1S(=O)(=O)NCCN1CCSCC1. The van der Waals surface area contributed by atoms with Crippen LogP contribution < -0.4 is 16.0 Å². The second kappa shape index (κ2) is 7.23. The van der Waals surface area contributed by atoms with Crippen molar-refractivity contribution in [1.29, 1.82) is 0 Å². The summed E-state index contributed by atoms with van der Waals surface area (Å²) >= 11 is 1.93. The fourth-order valence-electron chi connectivity index (χ4n) is 1.96. The first-order valence-corrected chi connectivity index (χ1v) is 8.98. The molecule has 1 saturated heterocycles. The molecule has 0 amide bonds. The van der Waals surface area contributed by atoms with Crippen molar-refractivity contribution in [2.24, 2.45) is 5.84 Å². The maximum absolute atomic E-state index is 12.2. The van der Waals surface area contributed by atoms with E-state index < -0.39 is 10.0 Å². The van der Waals surface area contributed by atoms with Crippen molar-refractivity contribution in [3.63, 3.8) is 0 Å². The van der Waals surface area contributed by atoms with E-state index in [4.69, 9.17) is 5.84 Å². The van der Waals surface area contributed by atoms with Crippen molar-refractivity contribution >= 4 is 27.6 Å². The zero-order valence-electron chi connectivity index (χ0n) is 11.1. The lowest BCUT2D eigenvalue weighted by atomic mass is 10.4. The summed E-state index contributed by atoms with van der Waals surface area (Å²) in [5, 5.41) is 0. The first kappa shape index (κ1) is 15.5. The van der Waals surface area contributed by atoms with Gasteiger partial charge in [-0.05, 0) is 12.1 Å². The number of rotatable bonds is 6. The molecule has 4 N–H and O–H groups in total. The van der Waals surface area contributed by atoms with Crippen molar-refractivity contribution in [3.8, 4) is 0 Å². The van der Waals surface area contributed by atoms with E-state index in [1.54, 1.807) is 6.07 Å². The van der Waals surface area contributed by atoms with E-state index in [0.717, 1.165) is 24.6 Å². The molecule has 9 heteroatoms. The van der Waals surface area contributed by atoms with Gasteiger partial charge in [0.25, 0.3) is 0 Å². The second-order valence-corrected chi connectivity index (χ2v) is 7.31. The molecular formula is C11H19N5O2S2. The Balaban J connectivity index is 1.93. The molecule has 0 spiro atoms. The number of hydrazine groups is 1. The second-order valence-electron chi connectivity index (χ2n) is 4.35. The van der Waals surface area contributed by atoms with Gasteiger partial charge in [-0.15, -0.1) is 0 Å². The van der Waals surface area contributed by atoms with Gasteiger partial charge in [0.15, 0.2) is 5.82 Å². The van der Waals surface area contributed by atoms with Crippen LogP contribution in [0.4, 0.5) is 5.82 Å². The zero-order chi connectivity index (χ0) is 14.4. The summed E-state index contributed by atoms with van der Waals surface area (Å²) in [6.45, 7) is 3.11. The third kappa shape index (κ3) is 4.06. The fourth-order valence-corrected chi connectivity index (χ4v) is 4.07. The largest absolute Gasteiger partial charge is 0.307 e. The molecule has 0 radical (unpaired) electrons. The Morgan fingerprint density at radius 2 is 2.15 bits per heavy atom. The Morgan fingerprint density at radius 1 is 1.40 bits per heavy atom. The molecule has 0 aromatic carbocycles. The molecule has 0 unspecified atom stereocenters. The highest BCUT2D eigenvalue weighted by Crippen LogP contribution is 2.16. The molecule has 112 valence electrons. The van der Waals surface area contributed by atoms with Crippen LogP contribution in [0.1, 0.15) is 0 Å². The summed E-state index contributed by atoms with van der Waals surface area (Å²) in [4.78, 5) is 6.21. The van der Waals surface area contributed by atoms with Gasteiger partial charge in [-0.25, -0.2) is 24.0 Å². The zero-order valence-corrected chi connectivity index (χ0v) is 12.7. The first-order chi connectivity index (χ1) is 9.63. The molecule has 1 fully saturated rings. The number of hydrogen-bond acceptors (Lipinski definition) is 7. The summed E-state index contributed by atoms with van der Waals surface area (Å²) in [5.74, 6) is 7.64. The first-order valence-electron chi connectivity index (χ1n) is 6.35. The van der Waals surface area contributed by atoms with Crippen LogP contribution in [0.3, 0.4) is 0 Å². The van der Waals surface area contributed by atoms with E-state index in [2.05, 4.69) is 20.0 Å². The van der Waals surface area contributed by atoms with Crippen molar-refractivity contribution in [2.45, 2.75) is 4.90 Å². The summed E-state index contributed by atoms with van der Waals surface area (Å²) in [6, 6.07) is 3.04. The predicted octanol–water partition coefficient (Wildman–Crippen LogP) is -0.306. The third-order valence-corrected chi connectivity index (χ3v) is 5.46. The highest BCUT2D eigenvalue weighted by Gasteiger charge is 2.19. The molecule has 0 saturated carbocycles. The number of hydrogen-bond donors (Lipinski definition) is 3. The number of nitrogens with one attached hydrogen (secondary N) is 2. The standard InChI is InChI=1S/C11H19N5O2S2/c12-15-11-10(2-1-3-13-11)20(17,18)14-4-5-16-6-8-19-9-7-16/h1-3,14H,4-9,12H2,(H,13,15). The molecule has 1 aliphatic heterocycles. The van der Waals surface area contributed by atoms with Gasteiger partial charge in [-0.1, -0.05) is 0 Å². The van der Waals surface area contributed by atoms with Gasteiger partial charge in [-0.2, -0.15) is 11.8 Å². The number of nitrogens with zero attached hydrogens (tertiary/aromatic N) is 2. The van der Waals surface area contributed by atoms with Crippen LogP contribution in [0.25, 0.3) is 0 Å². The molecule has 7 nitrogen and oxygen atoms in total. The third-order valence-electron chi connectivity index (χ3n) is 3.02. The molecule has 0 atom stereocenters. The molecule has 0 aliphatic carbocycles. The number of aromatic nitrogens is 1.